The number of aliphatic hydroxyl groups excluding tert-OH is 1. The molecule has 1 saturated carbocycles. The van der Waals surface area contributed by atoms with E-state index in [2.05, 4.69) is 30.8 Å². The molecule has 1 fully saturated rings. The third-order valence-electron chi connectivity index (χ3n) is 3.70. The molecule has 2 aromatic heterocycles. The maximum Gasteiger partial charge on any atom is 0.257 e. The van der Waals surface area contributed by atoms with Gasteiger partial charge in [0.2, 0.25) is 11.9 Å². The van der Waals surface area contributed by atoms with E-state index in [0.29, 0.717) is 11.9 Å². The molecule has 0 spiro atoms. The molecule has 0 aliphatic heterocycles. The van der Waals surface area contributed by atoms with Crippen molar-refractivity contribution in [2.45, 2.75) is 31.2 Å². The second-order valence-corrected chi connectivity index (χ2v) is 5.15. The fourth-order valence-corrected chi connectivity index (χ4v) is 2.59. The minimum Gasteiger partial charge on any atom is -0.394 e. The first-order valence-corrected chi connectivity index (χ1v) is 6.86. The van der Waals surface area contributed by atoms with Crippen LogP contribution in [0.5, 0.6) is 0 Å². The van der Waals surface area contributed by atoms with E-state index >= 15 is 0 Å². The number of nitrogens with zero attached hydrogens (tertiary/aromatic N) is 5. The van der Waals surface area contributed by atoms with Crippen LogP contribution in [0.4, 0.5) is 11.9 Å². The zero-order valence-electron chi connectivity index (χ0n) is 11.5. The number of nitrogens with two attached hydrogens (primary N) is 1. The molecule has 1 aliphatic carbocycles. The number of rotatable bonds is 5. The van der Waals surface area contributed by atoms with E-state index in [1.807, 2.05) is 0 Å². The number of anilines is 2. The second-order valence-electron chi connectivity index (χ2n) is 5.15. The van der Waals surface area contributed by atoms with Gasteiger partial charge in [0.25, 0.3) is 5.95 Å². The van der Waals surface area contributed by atoms with Gasteiger partial charge in [-0.3, -0.25) is 5.43 Å². The highest BCUT2D eigenvalue weighted by molar-refractivity contribution is 5.39. The summed E-state index contributed by atoms with van der Waals surface area (Å²) in [7, 11) is 0. The third kappa shape index (κ3) is 2.78. The number of nitrogen functional groups attached to an aromatic ring is 1. The monoisotopic (exact) mass is 290 g/mol. The molecule has 1 aliphatic rings. The summed E-state index contributed by atoms with van der Waals surface area (Å²) >= 11 is 0. The van der Waals surface area contributed by atoms with Crippen molar-refractivity contribution in [1.82, 2.24) is 24.7 Å². The third-order valence-corrected chi connectivity index (χ3v) is 3.70. The number of aromatic nitrogens is 5. The molecule has 2 heterocycles. The van der Waals surface area contributed by atoms with Gasteiger partial charge >= 0.3 is 0 Å². The molecule has 0 radical (unpaired) electrons. The Morgan fingerprint density at radius 3 is 2.62 bits per heavy atom. The molecule has 112 valence electrons. The molecule has 0 unspecified atom stereocenters. The minimum absolute atomic E-state index is 0.0428. The topological polar surface area (TPSA) is 127 Å². The van der Waals surface area contributed by atoms with Crippen LogP contribution in [0, 0.1) is 0 Å². The van der Waals surface area contributed by atoms with Gasteiger partial charge in [0, 0.05) is 12.4 Å². The van der Waals surface area contributed by atoms with Crippen molar-refractivity contribution < 1.29 is 5.11 Å². The van der Waals surface area contributed by atoms with Gasteiger partial charge in [-0.15, -0.1) is 0 Å². The molecule has 0 saturated heterocycles. The molecule has 21 heavy (non-hydrogen) atoms. The Morgan fingerprint density at radius 1 is 1.24 bits per heavy atom. The molecule has 3 rings (SSSR count). The molecule has 2 aromatic rings. The summed E-state index contributed by atoms with van der Waals surface area (Å²) in [6.07, 6.45) is 7.30. The van der Waals surface area contributed by atoms with Crippen molar-refractivity contribution in [2.24, 2.45) is 5.84 Å². The lowest BCUT2D eigenvalue weighted by molar-refractivity contribution is 0.213. The summed E-state index contributed by atoms with van der Waals surface area (Å²) in [6.45, 7) is 0.0428. The first kappa shape index (κ1) is 13.7. The Hall–Kier alpha value is -2.26. The van der Waals surface area contributed by atoms with Gasteiger partial charge in [-0.2, -0.15) is 20.1 Å². The summed E-state index contributed by atoms with van der Waals surface area (Å²) in [6, 6.07) is 1.78. The average Bonchev–Trinajstić information content (AvgIpc) is 3.19. The Kier molecular flexibility index (Phi) is 3.67. The van der Waals surface area contributed by atoms with Crippen molar-refractivity contribution in [2.75, 3.05) is 17.3 Å². The van der Waals surface area contributed by atoms with Crippen LogP contribution in [0.15, 0.2) is 18.5 Å². The molecular weight excluding hydrogens is 272 g/mol. The quantitative estimate of drug-likeness (QED) is 0.450. The van der Waals surface area contributed by atoms with E-state index in [4.69, 9.17) is 5.84 Å². The van der Waals surface area contributed by atoms with Crippen molar-refractivity contribution in [3.05, 3.63) is 18.5 Å². The Bertz CT molecular complexity index is 593. The van der Waals surface area contributed by atoms with Gasteiger partial charge < -0.3 is 10.4 Å². The predicted octanol–water partition coefficient (Wildman–Crippen LogP) is 0.0599. The maximum atomic E-state index is 9.67. The van der Waals surface area contributed by atoms with E-state index in [-0.39, 0.29) is 18.1 Å². The molecule has 9 nitrogen and oxygen atoms in total. The Labute approximate surface area is 121 Å². The van der Waals surface area contributed by atoms with Gasteiger partial charge in [0.15, 0.2) is 0 Å². The van der Waals surface area contributed by atoms with Gasteiger partial charge in [0.1, 0.15) is 0 Å². The van der Waals surface area contributed by atoms with Crippen LogP contribution in [-0.4, -0.2) is 42.0 Å². The van der Waals surface area contributed by atoms with Gasteiger partial charge in [0.05, 0.1) is 12.1 Å². The number of hydrogen-bond donors (Lipinski definition) is 4. The minimum atomic E-state index is -0.366. The van der Waals surface area contributed by atoms with Gasteiger partial charge in [-0.1, -0.05) is 12.8 Å². The summed E-state index contributed by atoms with van der Waals surface area (Å²) in [5.74, 6) is 6.38. The molecular formula is C12H18N8O. The first-order chi connectivity index (χ1) is 10.2. The fraction of sp³-hybridized carbons (Fsp3) is 0.500. The second kappa shape index (κ2) is 5.62. The van der Waals surface area contributed by atoms with Crippen LogP contribution < -0.4 is 16.6 Å². The smallest absolute Gasteiger partial charge is 0.257 e. The fourth-order valence-electron chi connectivity index (χ4n) is 2.59. The van der Waals surface area contributed by atoms with Crippen LogP contribution in [0.25, 0.3) is 5.95 Å². The van der Waals surface area contributed by atoms with Crippen molar-refractivity contribution in [3.63, 3.8) is 0 Å². The standard InChI is InChI=1S/C12H18N8O/c13-19-10-15-9(18-12(8-21)4-1-2-5-12)16-11(17-10)20-7-3-6-14-20/h3,6-7,21H,1-2,4-5,8,13H2,(H2,15,16,17,18,19). The first-order valence-electron chi connectivity index (χ1n) is 6.86. The van der Waals surface area contributed by atoms with Crippen molar-refractivity contribution in [3.8, 4) is 5.95 Å². The zero-order chi connectivity index (χ0) is 14.7. The van der Waals surface area contributed by atoms with E-state index < -0.39 is 0 Å². The van der Waals surface area contributed by atoms with E-state index in [1.165, 1.54) is 4.68 Å². The average molecular weight is 290 g/mol. The van der Waals surface area contributed by atoms with Crippen LogP contribution in [0.1, 0.15) is 25.7 Å². The van der Waals surface area contributed by atoms with Crippen molar-refractivity contribution >= 4 is 11.9 Å². The highest BCUT2D eigenvalue weighted by Crippen LogP contribution is 2.32. The summed E-state index contributed by atoms with van der Waals surface area (Å²) in [5, 5.41) is 17.0. The highest BCUT2D eigenvalue weighted by atomic mass is 16.3. The Morgan fingerprint density at radius 2 is 2.00 bits per heavy atom. The van der Waals surface area contributed by atoms with E-state index in [0.717, 1.165) is 25.7 Å². The molecule has 0 atom stereocenters. The molecule has 0 bridgehead atoms. The van der Waals surface area contributed by atoms with E-state index in [1.54, 1.807) is 18.5 Å². The summed E-state index contributed by atoms with van der Waals surface area (Å²) in [4.78, 5) is 12.7. The lowest BCUT2D eigenvalue weighted by atomic mass is 9.99. The number of nitrogens with one attached hydrogen (secondary N) is 2. The van der Waals surface area contributed by atoms with Gasteiger partial charge in [-0.05, 0) is 18.9 Å². The van der Waals surface area contributed by atoms with Crippen LogP contribution in [0.3, 0.4) is 0 Å². The number of hydrazine groups is 1. The largest absolute Gasteiger partial charge is 0.394 e. The van der Waals surface area contributed by atoms with E-state index in [9.17, 15) is 5.11 Å². The normalized spacial score (nSPS) is 16.9. The molecule has 0 amide bonds. The van der Waals surface area contributed by atoms with Gasteiger partial charge in [-0.25, -0.2) is 10.5 Å². The number of hydrogen-bond acceptors (Lipinski definition) is 8. The predicted molar refractivity (Wildman–Crippen MR) is 76.7 cm³/mol. The Balaban J connectivity index is 1.92. The lowest BCUT2D eigenvalue weighted by Gasteiger charge is -2.28. The molecule has 5 N–H and O–H groups in total. The van der Waals surface area contributed by atoms with Crippen LogP contribution >= 0.6 is 0 Å². The highest BCUT2D eigenvalue weighted by Gasteiger charge is 2.34. The number of aliphatic hydroxyl groups is 1. The zero-order valence-corrected chi connectivity index (χ0v) is 11.5. The SMILES string of the molecule is NNc1nc(NC2(CO)CCCC2)nc(-n2cccn2)n1. The summed E-state index contributed by atoms with van der Waals surface area (Å²) in [5.41, 5.74) is 2.05. The van der Waals surface area contributed by atoms with Crippen molar-refractivity contribution in [1.29, 1.82) is 0 Å². The van der Waals surface area contributed by atoms with Crippen LogP contribution in [0.2, 0.25) is 0 Å². The molecule has 0 aromatic carbocycles. The molecule has 9 heteroatoms. The lowest BCUT2D eigenvalue weighted by Crippen LogP contribution is -2.40. The van der Waals surface area contributed by atoms with Crippen LogP contribution in [-0.2, 0) is 0 Å². The maximum absolute atomic E-state index is 9.67. The summed E-state index contributed by atoms with van der Waals surface area (Å²) < 4.78 is 1.52.